The minimum absolute atomic E-state index is 0.160. The number of amides is 1. The van der Waals surface area contributed by atoms with Gasteiger partial charge in [-0.2, -0.15) is 0 Å². The largest absolute Gasteiger partial charge is 0.478 e. The molecule has 0 aliphatic rings. The number of anilines is 1. The molecule has 9 nitrogen and oxygen atoms in total. The van der Waals surface area contributed by atoms with Gasteiger partial charge in [0, 0.05) is 12.1 Å². The average molecular weight is 294 g/mol. The number of carboxylic acid groups (broad SMARTS) is 1. The Morgan fingerprint density at radius 3 is 2.70 bits per heavy atom. The molecule has 0 aliphatic carbocycles. The molecular weight excluding hydrogens is 288 g/mol. The maximum Gasteiger partial charge on any atom is 0.337 e. The molecule has 1 aromatic carbocycles. The zero-order valence-electron chi connectivity index (χ0n) is 9.64. The van der Waals surface area contributed by atoms with Gasteiger partial charge >= 0.3 is 5.97 Å². The van der Waals surface area contributed by atoms with Gasteiger partial charge in [0.1, 0.15) is 4.88 Å². The molecule has 1 heterocycles. The fourth-order valence-corrected chi connectivity index (χ4v) is 1.80. The highest BCUT2D eigenvalue weighted by atomic mass is 32.1. The minimum Gasteiger partial charge on any atom is -0.478 e. The van der Waals surface area contributed by atoms with Crippen LogP contribution in [0.4, 0.5) is 11.4 Å². The number of nitro benzene ring substituents is 1. The maximum atomic E-state index is 11.8. The van der Waals surface area contributed by atoms with Gasteiger partial charge in [-0.1, -0.05) is 4.49 Å². The highest BCUT2D eigenvalue weighted by Crippen LogP contribution is 2.23. The molecule has 20 heavy (non-hydrogen) atoms. The first-order valence-electron chi connectivity index (χ1n) is 5.09. The van der Waals surface area contributed by atoms with Crippen LogP contribution in [0.5, 0.6) is 0 Å². The first kappa shape index (κ1) is 13.5. The zero-order chi connectivity index (χ0) is 14.7. The van der Waals surface area contributed by atoms with Crippen molar-refractivity contribution >= 4 is 34.8 Å². The second-order valence-corrected chi connectivity index (χ2v) is 4.31. The summed E-state index contributed by atoms with van der Waals surface area (Å²) in [6.45, 7) is 0. The third-order valence-corrected chi connectivity index (χ3v) is 2.94. The number of rotatable bonds is 4. The van der Waals surface area contributed by atoms with Gasteiger partial charge in [0.2, 0.25) is 0 Å². The van der Waals surface area contributed by atoms with Crippen LogP contribution in [0, 0.1) is 10.1 Å². The Bertz CT molecular complexity index is 685. The molecule has 0 saturated carbocycles. The van der Waals surface area contributed by atoms with Crippen molar-refractivity contribution in [3.05, 3.63) is 45.0 Å². The molecule has 1 amide bonds. The smallest absolute Gasteiger partial charge is 0.337 e. The van der Waals surface area contributed by atoms with E-state index in [9.17, 15) is 19.7 Å². The van der Waals surface area contributed by atoms with Gasteiger partial charge in [-0.15, -0.1) is 5.10 Å². The van der Waals surface area contributed by atoms with E-state index in [0.29, 0.717) is 0 Å². The van der Waals surface area contributed by atoms with Gasteiger partial charge in [-0.05, 0) is 17.6 Å². The second-order valence-electron chi connectivity index (χ2n) is 3.53. The fraction of sp³-hybridized carbons (Fsp3) is 0. The molecule has 1 aromatic heterocycles. The van der Waals surface area contributed by atoms with Crippen molar-refractivity contribution in [2.24, 2.45) is 0 Å². The van der Waals surface area contributed by atoms with Crippen molar-refractivity contribution in [2.45, 2.75) is 0 Å². The Balaban J connectivity index is 2.37. The Hall–Kier alpha value is -2.88. The molecule has 0 fully saturated rings. The van der Waals surface area contributed by atoms with E-state index >= 15 is 0 Å². The van der Waals surface area contributed by atoms with Crippen molar-refractivity contribution in [3.63, 3.8) is 0 Å². The summed E-state index contributed by atoms with van der Waals surface area (Å²) in [7, 11) is 0. The van der Waals surface area contributed by atoms with Crippen LogP contribution in [0.25, 0.3) is 0 Å². The highest BCUT2D eigenvalue weighted by molar-refractivity contribution is 7.07. The van der Waals surface area contributed by atoms with Crippen LogP contribution >= 0.6 is 11.5 Å². The summed E-state index contributed by atoms with van der Waals surface area (Å²) in [5.41, 5.74) is -0.737. The van der Waals surface area contributed by atoms with Crippen LogP contribution in [0.1, 0.15) is 20.0 Å². The Morgan fingerprint density at radius 1 is 1.40 bits per heavy atom. The number of nitrogens with one attached hydrogen (secondary N) is 1. The molecule has 0 radical (unpaired) electrons. The topological polar surface area (TPSA) is 135 Å². The van der Waals surface area contributed by atoms with E-state index in [1.807, 2.05) is 0 Å². The lowest BCUT2D eigenvalue weighted by molar-refractivity contribution is -0.384. The normalized spacial score (nSPS) is 10.0. The molecule has 2 N–H and O–H groups in total. The highest BCUT2D eigenvalue weighted by Gasteiger charge is 2.18. The molecule has 10 heteroatoms. The standard InChI is InChI=1S/C10H6N4O5S/c15-9(8-4-11-13-20-8)12-7-3-5(14(18)19)1-2-6(7)10(16)17/h1-4H,(H,12,15)(H,16,17). The number of hydrogen-bond acceptors (Lipinski definition) is 7. The summed E-state index contributed by atoms with van der Waals surface area (Å²) >= 11 is 0.821. The lowest BCUT2D eigenvalue weighted by atomic mass is 10.1. The Morgan fingerprint density at radius 2 is 2.15 bits per heavy atom. The number of non-ortho nitro benzene ring substituents is 1. The van der Waals surface area contributed by atoms with E-state index in [4.69, 9.17) is 5.11 Å². The molecule has 102 valence electrons. The molecule has 0 bridgehead atoms. The number of nitrogens with zero attached hydrogens (tertiary/aromatic N) is 3. The predicted octanol–water partition coefficient (Wildman–Crippen LogP) is 1.40. The SMILES string of the molecule is O=C(Nc1cc([N+](=O)[O-])ccc1C(=O)O)c1cnns1. The van der Waals surface area contributed by atoms with Gasteiger partial charge in [0.25, 0.3) is 11.6 Å². The van der Waals surface area contributed by atoms with Gasteiger partial charge in [-0.3, -0.25) is 14.9 Å². The van der Waals surface area contributed by atoms with E-state index < -0.39 is 16.8 Å². The number of carbonyl (C=O) groups is 2. The fourth-order valence-electron chi connectivity index (χ4n) is 1.39. The summed E-state index contributed by atoms with van der Waals surface area (Å²) < 4.78 is 3.49. The third-order valence-electron chi connectivity index (χ3n) is 2.28. The van der Waals surface area contributed by atoms with Crippen molar-refractivity contribution in [1.29, 1.82) is 0 Å². The van der Waals surface area contributed by atoms with Crippen molar-refractivity contribution in [1.82, 2.24) is 9.59 Å². The van der Waals surface area contributed by atoms with E-state index in [1.165, 1.54) is 6.20 Å². The summed E-state index contributed by atoms with van der Waals surface area (Å²) in [5, 5.41) is 25.4. The van der Waals surface area contributed by atoms with E-state index in [0.717, 1.165) is 29.7 Å². The number of aromatic nitrogens is 2. The summed E-state index contributed by atoms with van der Waals surface area (Å²) in [5.74, 6) is -1.94. The van der Waals surface area contributed by atoms with Crippen molar-refractivity contribution in [2.75, 3.05) is 5.32 Å². The van der Waals surface area contributed by atoms with Crippen molar-refractivity contribution < 1.29 is 19.6 Å². The molecule has 2 aromatic rings. The van der Waals surface area contributed by atoms with Gasteiger partial charge < -0.3 is 10.4 Å². The molecule has 0 unspecified atom stereocenters. The first-order chi connectivity index (χ1) is 9.49. The van der Waals surface area contributed by atoms with Crippen LogP contribution in [0.3, 0.4) is 0 Å². The summed E-state index contributed by atoms with van der Waals surface area (Å²) in [6.07, 6.45) is 1.21. The number of benzene rings is 1. The summed E-state index contributed by atoms with van der Waals surface area (Å²) in [4.78, 5) is 33.0. The van der Waals surface area contributed by atoms with Crippen LogP contribution in [-0.4, -0.2) is 31.5 Å². The van der Waals surface area contributed by atoms with E-state index in [2.05, 4.69) is 14.9 Å². The predicted molar refractivity (Wildman–Crippen MR) is 67.9 cm³/mol. The minimum atomic E-state index is -1.31. The molecule has 0 atom stereocenters. The second kappa shape index (κ2) is 5.40. The lowest BCUT2D eigenvalue weighted by Crippen LogP contribution is -2.14. The molecule has 2 rings (SSSR count). The zero-order valence-corrected chi connectivity index (χ0v) is 10.5. The Kier molecular flexibility index (Phi) is 3.66. The molecule has 0 aliphatic heterocycles. The molecule has 0 saturated heterocycles. The van der Waals surface area contributed by atoms with Crippen molar-refractivity contribution in [3.8, 4) is 0 Å². The van der Waals surface area contributed by atoms with E-state index in [-0.39, 0.29) is 21.8 Å². The maximum absolute atomic E-state index is 11.8. The number of carboxylic acids is 1. The van der Waals surface area contributed by atoms with Gasteiger partial charge in [0.15, 0.2) is 0 Å². The van der Waals surface area contributed by atoms with Crippen LogP contribution in [0.15, 0.2) is 24.4 Å². The Labute approximate surface area is 115 Å². The molecular formula is C10H6N4O5S. The quantitative estimate of drug-likeness (QED) is 0.642. The number of carbonyl (C=O) groups excluding carboxylic acids is 1. The van der Waals surface area contributed by atoms with Crippen LogP contribution in [-0.2, 0) is 0 Å². The molecule has 0 spiro atoms. The third kappa shape index (κ3) is 2.75. The first-order valence-corrected chi connectivity index (χ1v) is 5.87. The van der Waals surface area contributed by atoms with Gasteiger partial charge in [-0.25, -0.2) is 4.79 Å². The average Bonchev–Trinajstić information content (AvgIpc) is 2.92. The monoisotopic (exact) mass is 294 g/mol. The number of hydrogen-bond donors (Lipinski definition) is 2. The van der Waals surface area contributed by atoms with Crippen LogP contribution in [0.2, 0.25) is 0 Å². The van der Waals surface area contributed by atoms with Crippen LogP contribution < -0.4 is 5.32 Å². The summed E-state index contributed by atoms with van der Waals surface area (Å²) in [6, 6.07) is 3.09. The van der Waals surface area contributed by atoms with Gasteiger partial charge in [0.05, 0.1) is 22.4 Å². The van der Waals surface area contributed by atoms with E-state index in [1.54, 1.807) is 0 Å². The number of aromatic carboxylic acids is 1. The number of nitro groups is 1. The lowest BCUT2D eigenvalue weighted by Gasteiger charge is -2.06.